The van der Waals surface area contributed by atoms with E-state index in [4.69, 9.17) is 25.8 Å². The van der Waals surface area contributed by atoms with Gasteiger partial charge in [0.1, 0.15) is 11.9 Å². The number of carbonyl (C=O) groups excluding carboxylic acids is 1. The molecule has 1 aromatic heterocycles. The number of carbonyl (C=O) groups is 1. The monoisotopic (exact) mass is 563 g/mol. The molecule has 0 spiro atoms. The first kappa shape index (κ1) is 27.9. The molecule has 6 nitrogen and oxygen atoms in total. The minimum Gasteiger partial charge on any atom is -0.466 e. The Bertz CT molecular complexity index is 1200. The van der Waals surface area contributed by atoms with E-state index in [1.54, 1.807) is 18.3 Å². The Morgan fingerprint density at radius 3 is 2.51 bits per heavy atom. The average Bonchev–Trinajstić information content (AvgIpc) is 3.39. The fourth-order valence-corrected chi connectivity index (χ4v) is 6.93. The molecule has 0 amide bonds. The summed E-state index contributed by atoms with van der Waals surface area (Å²) in [5.74, 6) is -0.455. The summed E-state index contributed by atoms with van der Waals surface area (Å²) in [4.78, 5) is 22.4. The lowest BCUT2D eigenvalue weighted by atomic mass is 9.81. The second kappa shape index (κ2) is 11.0. The van der Waals surface area contributed by atoms with Crippen LogP contribution in [0.5, 0.6) is 0 Å². The van der Waals surface area contributed by atoms with Crippen molar-refractivity contribution in [3.63, 3.8) is 0 Å². The molecule has 2 aliphatic rings. The number of ether oxygens (including phenoxy) is 1. The second-order valence-electron chi connectivity index (χ2n) is 11.2. The molecule has 200 valence electrons. The Labute approximate surface area is 228 Å². The van der Waals surface area contributed by atoms with Crippen molar-refractivity contribution in [2.24, 2.45) is 10.9 Å². The Morgan fingerprint density at radius 1 is 1.22 bits per heavy atom. The summed E-state index contributed by atoms with van der Waals surface area (Å²) in [6.07, 6.45) is 5.38. The van der Waals surface area contributed by atoms with E-state index in [2.05, 4.69) is 44.2 Å². The van der Waals surface area contributed by atoms with Crippen LogP contribution in [-0.4, -0.2) is 38.3 Å². The summed E-state index contributed by atoms with van der Waals surface area (Å²) in [6.45, 7) is 11.3. The summed E-state index contributed by atoms with van der Waals surface area (Å²) in [5.41, 5.74) is 1.54. The molecule has 4 rings (SSSR count). The van der Waals surface area contributed by atoms with Crippen molar-refractivity contribution < 1.29 is 18.3 Å². The molecular weight excluding hydrogens is 529 g/mol. The van der Waals surface area contributed by atoms with E-state index < -0.39 is 26.1 Å². The number of nitrogens with one attached hydrogen (secondary N) is 1. The van der Waals surface area contributed by atoms with Crippen molar-refractivity contribution in [1.29, 1.82) is 0 Å². The smallest absolute Gasteiger partial charge is 0.338 e. The zero-order valence-corrected chi connectivity index (χ0v) is 24.8. The SMILES string of the molecule is COC(=O)C1=C(C2CCC(O[Si](C)(C)C(C)(C)C)CC2)NC(c2nccs2)=NC1c1cccc(F)c1Cl. The van der Waals surface area contributed by atoms with Crippen molar-refractivity contribution >= 4 is 43.1 Å². The summed E-state index contributed by atoms with van der Waals surface area (Å²) in [5, 5.41) is 6.07. The van der Waals surface area contributed by atoms with Gasteiger partial charge in [0.15, 0.2) is 19.2 Å². The van der Waals surface area contributed by atoms with Crippen molar-refractivity contribution in [2.75, 3.05) is 7.11 Å². The van der Waals surface area contributed by atoms with Gasteiger partial charge in [-0.3, -0.25) is 4.99 Å². The van der Waals surface area contributed by atoms with Crippen LogP contribution in [0.25, 0.3) is 0 Å². The quantitative estimate of drug-likeness (QED) is 0.301. The van der Waals surface area contributed by atoms with E-state index in [0.717, 1.165) is 31.4 Å². The number of amidine groups is 1. The van der Waals surface area contributed by atoms with Gasteiger partial charge in [-0.15, -0.1) is 11.3 Å². The Balaban J connectivity index is 1.70. The molecule has 1 N–H and O–H groups in total. The van der Waals surface area contributed by atoms with Crippen LogP contribution >= 0.6 is 22.9 Å². The maximum absolute atomic E-state index is 14.5. The van der Waals surface area contributed by atoms with Gasteiger partial charge in [0.05, 0.1) is 17.7 Å². The molecule has 37 heavy (non-hydrogen) atoms. The van der Waals surface area contributed by atoms with E-state index in [1.807, 2.05) is 5.38 Å². The normalized spacial score (nSPS) is 22.9. The molecule has 1 saturated carbocycles. The third-order valence-corrected chi connectivity index (χ3v) is 13.5. The number of hydrogen-bond acceptors (Lipinski definition) is 7. The van der Waals surface area contributed by atoms with Crippen LogP contribution in [0.15, 0.2) is 46.0 Å². The largest absolute Gasteiger partial charge is 0.466 e. The molecular formula is C27H35ClFN3O3SSi. The molecule has 1 unspecified atom stereocenters. The number of aliphatic imine (C=N–C) groups is 1. The van der Waals surface area contributed by atoms with Crippen LogP contribution in [0, 0.1) is 11.7 Å². The Hall–Kier alpha value is -2.07. The summed E-state index contributed by atoms with van der Waals surface area (Å²) in [7, 11) is -0.535. The molecule has 10 heteroatoms. The van der Waals surface area contributed by atoms with Gasteiger partial charge in [-0.05, 0) is 55.8 Å². The maximum atomic E-state index is 14.5. The molecule has 2 aromatic rings. The van der Waals surface area contributed by atoms with E-state index in [1.165, 1.54) is 24.5 Å². The van der Waals surface area contributed by atoms with Gasteiger partial charge in [0, 0.05) is 28.9 Å². The molecule has 1 atom stereocenters. The molecule has 0 bridgehead atoms. The lowest BCUT2D eigenvalue weighted by Crippen LogP contribution is -2.45. The van der Waals surface area contributed by atoms with Gasteiger partial charge in [-0.2, -0.15) is 0 Å². The van der Waals surface area contributed by atoms with Crippen LogP contribution in [0.2, 0.25) is 23.2 Å². The molecule has 0 saturated heterocycles. The van der Waals surface area contributed by atoms with Crippen LogP contribution in [0.1, 0.15) is 63.1 Å². The molecule has 1 aliphatic carbocycles. The first-order valence-corrected chi connectivity index (χ1v) is 16.8. The van der Waals surface area contributed by atoms with Crippen LogP contribution in [-0.2, 0) is 14.0 Å². The van der Waals surface area contributed by atoms with E-state index in [-0.39, 0.29) is 22.1 Å². The van der Waals surface area contributed by atoms with Gasteiger partial charge in [-0.25, -0.2) is 14.2 Å². The van der Waals surface area contributed by atoms with Crippen LogP contribution in [0.3, 0.4) is 0 Å². The topological polar surface area (TPSA) is 72.8 Å². The Morgan fingerprint density at radius 2 is 1.92 bits per heavy atom. The number of methoxy groups -OCH3 is 1. The third-order valence-electron chi connectivity index (χ3n) is 7.74. The van der Waals surface area contributed by atoms with Gasteiger partial charge < -0.3 is 14.5 Å². The highest BCUT2D eigenvalue weighted by molar-refractivity contribution is 7.11. The predicted molar refractivity (Wildman–Crippen MR) is 149 cm³/mol. The van der Waals surface area contributed by atoms with Gasteiger partial charge in [0.2, 0.25) is 0 Å². The molecule has 1 aliphatic heterocycles. The first-order chi connectivity index (χ1) is 17.4. The maximum Gasteiger partial charge on any atom is 0.338 e. The number of allylic oxidation sites excluding steroid dienone is 1. The number of benzene rings is 1. The Kier molecular flexibility index (Phi) is 8.28. The fourth-order valence-electron chi connectivity index (χ4n) is 4.69. The van der Waals surface area contributed by atoms with E-state index >= 15 is 0 Å². The minimum absolute atomic E-state index is 0.0520. The number of thiazole rings is 1. The predicted octanol–water partition coefficient (Wildman–Crippen LogP) is 7.03. The van der Waals surface area contributed by atoms with Crippen LogP contribution < -0.4 is 5.32 Å². The summed E-state index contributed by atoms with van der Waals surface area (Å²) in [6, 6.07) is 3.76. The number of rotatable bonds is 6. The zero-order chi connectivity index (χ0) is 27.0. The number of aromatic nitrogens is 1. The molecule has 2 heterocycles. The van der Waals surface area contributed by atoms with Crippen molar-refractivity contribution in [3.8, 4) is 0 Å². The first-order valence-electron chi connectivity index (χ1n) is 12.6. The van der Waals surface area contributed by atoms with Gasteiger partial charge in [0.25, 0.3) is 0 Å². The zero-order valence-electron chi connectivity index (χ0n) is 22.2. The number of esters is 1. The van der Waals surface area contributed by atoms with Gasteiger partial charge >= 0.3 is 5.97 Å². The summed E-state index contributed by atoms with van der Waals surface area (Å²) < 4.78 is 26.4. The number of nitrogens with zero attached hydrogens (tertiary/aromatic N) is 2. The highest BCUT2D eigenvalue weighted by Crippen LogP contribution is 2.43. The van der Waals surface area contributed by atoms with E-state index in [9.17, 15) is 9.18 Å². The van der Waals surface area contributed by atoms with Gasteiger partial charge in [-0.1, -0.05) is 44.5 Å². The minimum atomic E-state index is -1.88. The summed E-state index contributed by atoms with van der Waals surface area (Å²) >= 11 is 7.84. The highest BCUT2D eigenvalue weighted by Gasteiger charge is 2.42. The van der Waals surface area contributed by atoms with Crippen molar-refractivity contribution in [3.05, 3.63) is 62.5 Å². The second-order valence-corrected chi connectivity index (χ2v) is 17.2. The van der Waals surface area contributed by atoms with E-state index in [0.29, 0.717) is 22.0 Å². The number of hydrogen-bond donors (Lipinski definition) is 1. The van der Waals surface area contributed by atoms with Crippen molar-refractivity contribution in [1.82, 2.24) is 10.3 Å². The fraction of sp³-hybridized carbons (Fsp3) is 0.519. The lowest BCUT2D eigenvalue weighted by Gasteiger charge is -2.42. The third kappa shape index (κ3) is 5.84. The number of halogens is 2. The highest BCUT2D eigenvalue weighted by atomic mass is 35.5. The molecule has 1 aromatic carbocycles. The van der Waals surface area contributed by atoms with Crippen LogP contribution in [0.4, 0.5) is 4.39 Å². The standard InChI is InChI=1S/C27H35ClFN3O3SSi/c1-27(2,3)37(5,6)35-17-12-10-16(11-13-17)22-20(26(33)34-4)23(18-8-7-9-19(29)21(18)28)32-24(31-22)25-30-14-15-36-25/h7-9,14-17,23H,10-13H2,1-6H3,(H,31,32). The lowest BCUT2D eigenvalue weighted by molar-refractivity contribution is -0.136. The average molecular weight is 564 g/mol. The molecule has 1 fully saturated rings. The van der Waals surface area contributed by atoms with Crippen molar-refractivity contribution in [2.45, 2.75) is 76.7 Å². The molecule has 0 radical (unpaired) electrons.